The van der Waals surface area contributed by atoms with E-state index in [-0.39, 0.29) is 18.5 Å². The van der Waals surface area contributed by atoms with Crippen LogP contribution in [0.5, 0.6) is 0 Å². The molecule has 2 rings (SSSR count). The Hall–Kier alpha value is -2.21. The zero-order valence-electron chi connectivity index (χ0n) is 17.1. The molecule has 146 valence electrons. The normalized spacial score (nSPS) is 11.4. The van der Waals surface area contributed by atoms with Gasteiger partial charge >= 0.3 is 5.97 Å². The molecule has 5 nitrogen and oxygen atoms in total. The lowest BCUT2D eigenvalue weighted by Crippen LogP contribution is -2.14. The van der Waals surface area contributed by atoms with Crippen LogP contribution >= 0.6 is 11.3 Å². The predicted octanol–water partition coefficient (Wildman–Crippen LogP) is 4.46. The van der Waals surface area contributed by atoms with Gasteiger partial charge in [0.15, 0.2) is 0 Å². The van der Waals surface area contributed by atoms with E-state index < -0.39 is 0 Å². The van der Waals surface area contributed by atoms with E-state index >= 15 is 0 Å². The number of esters is 1. The van der Waals surface area contributed by atoms with Crippen LogP contribution in [0.2, 0.25) is 0 Å². The Bertz CT molecular complexity index is 812. The fraction of sp³-hybridized carbons (Fsp3) is 0.476. The van der Waals surface area contributed by atoms with Crippen molar-refractivity contribution in [2.24, 2.45) is 4.99 Å². The van der Waals surface area contributed by atoms with Crippen LogP contribution in [-0.2, 0) is 22.4 Å². The zero-order chi connectivity index (χ0) is 20.0. The Labute approximate surface area is 166 Å². The highest BCUT2D eigenvalue weighted by Crippen LogP contribution is 2.26. The van der Waals surface area contributed by atoms with Crippen LogP contribution in [0.3, 0.4) is 0 Å². The second-order valence-corrected chi connectivity index (χ2v) is 7.95. The van der Waals surface area contributed by atoms with Crippen LogP contribution in [0.15, 0.2) is 22.5 Å². The molecule has 1 heterocycles. The number of hydrogen-bond donors (Lipinski definition) is 0. The quantitative estimate of drug-likeness (QED) is 0.381. The van der Waals surface area contributed by atoms with Gasteiger partial charge in [-0.3, -0.25) is 4.79 Å². The van der Waals surface area contributed by atoms with Crippen LogP contribution in [0.1, 0.15) is 48.2 Å². The monoisotopic (exact) mass is 387 g/mol. The van der Waals surface area contributed by atoms with E-state index in [4.69, 9.17) is 4.74 Å². The number of carbonyl (C=O) groups excluding carboxylic acids is 1. The summed E-state index contributed by atoms with van der Waals surface area (Å²) in [5.41, 5.74) is 5.35. The minimum Gasteiger partial charge on any atom is -0.463 e. The van der Waals surface area contributed by atoms with Gasteiger partial charge < -0.3 is 9.64 Å². The molecule has 0 radical (unpaired) electrons. The summed E-state index contributed by atoms with van der Waals surface area (Å²) in [4.78, 5) is 23.0. The van der Waals surface area contributed by atoms with Crippen molar-refractivity contribution in [3.63, 3.8) is 0 Å². The molecule has 0 saturated carbocycles. The Morgan fingerprint density at radius 1 is 1.33 bits per heavy atom. The van der Waals surface area contributed by atoms with E-state index in [0.29, 0.717) is 0 Å². The lowest BCUT2D eigenvalue weighted by Gasteiger charge is -2.11. The van der Waals surface area contributed by atoms with Crippen molar-refractivity contribution in [3.05, 3.63) is 44.9 Å². The van der Waals surface area contributed by atoms with Gasteiger partial charge in [-0.15, -0.1) is 11.3 Å². The molecular formula is C21H29N3O2S. The van der Waals surface area contributed by atoms with Gasteiger partial charge in [0.05, 0.1) is 35.3 Å². The number of hydrogen-bond acceptors (Lipinski definition) is 5. The molecule has 0 amide bonds. The molecule has 6 heteroatoms. The summed E-state index contributed by atoms with van der Waals surface area (Å²) in [6.45, 7) is 10.9. The first kappa shape index (κ1) is 21.1. The first-order valence-corrected chi connectivity index (χ1v) is 10.1. The molecule has 0 unspecified atom stereocenters. The highest BCUT2D eigenvalue weighted by molar-refractivity contribution is 7.09. The maximum atomic E-state index is 11.8. The van der Waals surface area contributed by atoms with Crippen LogP contribution in [-0.4, -0.2) is 41.9 Å². The van der Waals surface area contributed by atoms with Gasteiger partial charge in [0.25, 0.3) is 0 Å². The third-order valence-electron chi connectivity index (χ3n) is 4.18. The van der Waals surface area contributed by atoms with Gasteiger partial charge in [0, 0.05) is 25.4 Å². The molecule has 0 atom stereocenters. The van der Waals surface area contributed by atoms with Crippen molar-refractivity contribution in [3.8, 4) is 0 Å². The summed E-state index contributed by atoms with van der Waals surface area (Å²) in [5.74, 6) is -0.229. The number of aromatic nitrogens is 1. The van der Waals surface area contributed by atoms with Crippen molar-refractivity contribution in [1.29, 1.82) is 0 Å². The number of benzene rings is 1. The predicted molar refractivity (Wildman–Crippen MR) is 112 cm³/mol. The minimum absolute atomic E-state index is 0.0977. The number of nitrogens with zero attached hydrogens (tertiary/aromatic N) is 3. The first-order valence-electron chi connectivity index (χ1n) is 9.25. The average Bonchev–Trinajstić information content (AvgIpc) is 3.02. The highest BCUT2D eigenvalue weighted by Gasteiger charge is 2.12. The molecule has 0 N–H and O–H groups in total. The van der Waals surface area contributed by atoms with E-state index in [1.807, 2.05) is 37.5 Å². The van der Waals surface area contributed by atoms with Gasteiger partial charge in [-0.05, 0) is 57.4 Å². The zero-order valence-corrected chi connectivity index (χ0v) is 17.9. The van der Waals surface area contributed by atoms with E-state index in [2.05, 4.69) is 42.9 Å². The number of carbonyl (C=O) groups is 1. The van der Waals surface area contributed by atoms with Crippen molar-refractivity contribution in [1.82, 2.24) is 9.88 Å². The molecule has 0 aliphatic rings. The molecule has 1 aromatic carbocycles. The lowest BCUT2D eigenvalue weighted by atomic mass is 10.0. The van der Waals surface area contributed by atoms with Gasteiger partial charge in [-0.2, -0.15) is 0 Å². The van der Waals surface area contributed by atoms with Crippen molar-refractivity contribution >= 4 is 29.3 Å². The third kappa shape index (κ3) is 6.47. The summed E-state index contributed by atoms with van der Waals surface area (Å²) in [6, 6.07) is 4.31. The highest BCUT2D eigenvalue weighted by atomic mass is 32.1. The van der Waals surface area contributed by atoms with Crippen LogP contribution < -0.4 is 0 Å². The minimum atomic E-state index is -0.229. The van der Waals surface area contributed by atoms with Crippen LogP contribution in [0.4, 0.5) is 5.69 Å². The summed E-state index contributed by atoms with van der Waals surface area (Å²) < 4.78 is 5.19. The average molecular weight is 388 g/mol. The van der Waals surface area contributed by atoms with Gasteiger partial charge in [0.1, 0.15) is 0 Å². The van der Waals surface area contributed by atoms with E-state index in [9.17, 15) is 4.79 Å². The van der Waals surface area contributed by atoms with E-state index in [1.165, 1.54) is 11.1 Å². The maximum absolute atomic E-state index is 11.8. The Morgan fingerprint density at radius 2 is 2.07 bits per heavy atom. The molecule has 0 saturated heterocycles. The SMILES string of the molecule is CCN(C)C=Nc1cc(C)c(Cc2nc(CC(=O)OC(C)C)cs2)cc1C. The van der Waals surface area contributed by atoms with Crippen molar-refractivity contribution < 1.29 is 9.53 Å². The van der Waals surface area contributed by atoms with Crippen LogP contribution in [0, 0.1) is 13.8 Å². The fourth-order valence-corrected chi connectivity index (χ4v) is 3.38. The fourth-order valence-electron chi connectivity index (χ4n) is 2.56. The van der Waals surface area contributed by atoms with Gasteiger partial charge in [-0.25, -0.2) is 9.98 Å². The number of rotatable bonds is 8. The van der Waals surface area contributed by atoms with E-state index in [1.54, 1.807) is 11.3 Å². The number of ether oxygens (including phenoxy) is 1. The smallest absolute Gasteiger partial charge is 0.312 e. The molecule has 0 aliphatic carbocycles. The van der Waals surface area contributed by atoms with Gasteiger partial charge in [-0.1, -0.05) is 6.07 Å². The summed E-state index contributed by atoms with van der Waals surface area (Å²) >= 11 is 1.59. The van der Waals surface area contributed by atoms with Crippen molar-refractivity contribution in [2.45, 2.75) is 53.6 Å². The Kier molecular flexibility index (Phi) is 7.54. The summed E-state index contributed by atoms with van der Waals surface area (Å²) in [7, 11) is 2.01. The lowest BCUT2D eigenvalue weighted by molar-refractivity contribution is -0.146. The third-order valence-corrected chi connectivity index (χ3v) is 5.08. The standard InChI is InChI=1S/C21H29N3O2S/c1-7-24(6)13-22-19-9-15(4)17(8-16(19)5)10-20-23-18(12-27-20)11-21(25)26-14(2)3/h8-9,12-14H,7,10-11H2,1-6H3. The summed E-state index contributed by atoms with van der Waals surface area (Å²) in [6.07, 6.45) is 2.76. The molecular weight excluding hydrogens is 358 g/mol. The number of aliphatic imine (C=N–C) groups is 1. The topological polar surface area (TPSA) is 54.8 Å². The second kappa shape index (κ2) is 9.65. The number of aryl methyl sites for hydroxylation is 2. The van der Waals surface area contributed by atoms with E-state index in [0.717, 1.165) is 34.9 Å². The maximum Gasteiger partial charge on any atom is 0.312 e. The molecule has 0 fully saturated rings. The Balaban J connectivity index is 2.08. The first-order chi connectivity index (χ1) is 12.8. The van der Waals surface area contributed by atoms with Crippen molar-refractivity contribution in [2.75, 3.05) is 13.6 Å². The molecule has 27 heavy (non-hydrogen) atoms. The second-order valence-electron chi connectivity index (χ2n) is 7.01. The molecule has 1 aromatic heterocycles. The molecule has 0 aliphatic heterocycles. The Morgan fingerprint density at radius 3 is 2.74 bits per heavy atom. The van der Waals surface area contributed by atoms with Crippen LogP contribution in [0.25, 0.3) is 0 Å². The van der Waals surface area contributed by atoms with Gasteiger partial charge in [0.2, 0.25) is 0 Å². The molecule has 0 bridgehead atoms. The number of thiazole rings is 1. The molecule has 2 aromatic rings. The molecule has 0 spiro atoms. The largest absolute Gasteiger partial charge is 0.463 e. The summed E-state index contributed by atoms with van der Waals surface area (Å²) in [5, 5.41) is 2.95.